The first kappa shape index (κ1) is 19.5. The lowest BCUT2D eigenvalue weighted by molar-refractivity contribution is -0.119. The van der Waals surface area contributed by atoms with Crippen molar-refractivity contribution in [3.05, 3.63) is 53.7 Å². The van der Waals surface area contributed by atoms with Crippen LogP contribution < -0.4 is 4.74 Å². The fourth-order valence-electron chi connectivity index (χ4n) is 4.08. The second-order valence-corrected chi connectivity index (χ2v) is 7.80. The Balaban J connectivity index is 1.41. The van der Waals surface area contributed by atoms with Gasteiger partial charge in [0.25, 0.3) is 0 Å². The van der Waals surface area contributed by atoms with Crippen LogP contribution in [0.2, 0.25) is 0 Å². The van der Waals surface area contributed by atoms with Gasteiger partial charge >= 0.3 is 0 Å². The van der Waals surface area contributed by atoms with Gasteiger partial charge in [-0.2, -0.15) is 0 Å². The maximum absolute atomic E-state index is 13.5. The lowest BCUT2D eigenvalue weighted by Crippen LogP contribution is -2.35. The van der Waals surface area contributed by atoms with E-state index in [9.17, 15) is 9.18 Å². The molecule has 0 aliphatic carbocycles. The standard InChI is InChI=1S/C22H25FN4O2/c1-27-8-7-14(9-17(28)10-15-3-6-21(29-2)24-13-15)11-20(27)22-25-18-5-4-16(23)12-19(18)26-22/h3-6,12-14,20H,7-11H2,1-2H3,(H,25,26)/t14-,20+/m0/s1. The van der Waals surface area contributed by atoms with Gasteiger partial charge in [-0.25, -0.2) is 14.4 Å². The first-order chi connectivity index (χ1) is 14.0. The van der Waals surface area contributed by atoms with Crippen LogP contribution in [0.15, 0.2) is 36.5 Å². The highest BCUT2D eigenvalue weighted by atomic mass is 19.1. The molecule has 2 atom stereocenters. The summed E-state index contributed by atoms with van der Waals surface area (Å²) in [7, 11) is 3.64. The number of methoxy groups -OCH3 is 1. The molecule has 0 radical (unpaired) electrons. The van der Waals surface area contributed by atoms with Gasteiger partial charge in [-0.3, -0.25) is 9.69 Å². The molecule has 1 aliphatic heterocycles. The second-order valence-electron chi connectivity index (χ2n) is 7.80. The van der Waals surface area contributed by atoms with Gasteiger partial charge in [-0.1, -0.05) is 6.07 Å². The predicted octanol–water partition coefficient (Wildman–Crippen LogP) is 3.69. The SMILES string of the molecule is COc1ccc(CC(=O)C[C@@H]2CCN(C)[C@@H](c3nc4ccc(F)cc4[nH]3)C2)cn1. The zero-order chi connectivity index (χ0) is 20.4. The molecular formula is C22H25FN4O2. The van der Waals surface area contributed by atoms with E-state index in [1.54, 1.807) is 25.4 Å². The lowest BCUT2D eigenvalue weighted by atomic mass is 9.86. The van der Waals surface area contributed by atoms with Gasteiger partial charge < -0.3 is 9.72 Å². The fourth-order valence-corrected chi connectivity index (χ4v) is 4.08. The number of pyridine rings is 1. The average Bonchev–Trinajstić information content (AvgIpc) is 3.13. The fraction of sp³-hybridized carbons (Fsp3) is 0.409. The number of piperidine rings is 1. The molecule has 0 saturated carbocycles. The number of Topliss-reactive ketones (excluding diaryl/α,β-unsaturated/α-hetero) is 1. The number of H-pyrrole nitrogens is 1. The molecule has 4 rings (SSSR count). The summed E-state index contributed by atoms with van der Waals surface area (Å²) in [6.45, 7) is 0.901. The molecular weight excluding hydrogens is 371 g/mol. The zero-order valence-electron chi connectivity index (χ0n) is 16.7. The molecule has 0 amide bonds. The van der Waals surface area contributed by atoms with E-state index >= 15 is 0 Å². The van der Waals surface area contributed by atoms with Crippen LogP contribution in [0.5, 0.6) is 5.88 Å². The van der Waals surface area contributed by atoms with Gasteiger partial charge in [0.2, 0.25) is 5.88 Å². The summed E-state index contributed by atoms with van der Waals surface area (Å²) in [5, 5.41) is 0. The smallest absolute Gasteiger partial charge is 0.212 e. The van der Waals surface area contributed by atoms with Gasteiger partial charge in [0.05, 0.1) is 24.2 Å². The first-order valence-corrected chi connectivity index (χ1v) is 9.88. The normalized spacial score (nSPS) is 20.1. The van der Waals surface area contributed by atoms with Crippen molar-refractivity contribution in [1.29, 1.82) is 0 Å². The molecule has 0 unspecified atom stereocenters. The van der Waals surface area contributed by atoms with Crippen LogP contribution in [0.1, 0.15) is 36.7 Å². The summed E-state index contributed by atoms with van der Waals surface area (Å²) in [5.74, 6) is 1.63. The molecule has 2 aromatic heterocycles. The monoisotopic (exact) mass is 396 g/mol. The van der Waals surface area contributed by atoms with E-state index in [2.05, 4.69) is 26.9 Å². The molecule has 1 aromatic carbocycles. The van der Waals surface area contributed by atoms with Crippen molar-refractivity contribution in [1.82, 2.24) is 19.9 Å². The number of nitrogens with one attached hydrogen (secondary N) is 1. The third-order valence-corrected chi connectivity index (χ3v) is 5.68. The zero-order valence-corrected chi connectivity index (χ0v) is 16.7. The van der Waals surface area contributed by atoms with Crippen LogP contribution in [0.4, 0.5) is 4.39 Å². The number of carbonyl (C=O) groups is 1. The summed E-state index contributed by atoms with van der Waals surface area (Å²) in [6.07, 6.45) is 4.46. The number of hydrogen-bond donors (Lipinski definition) is 1. The minimum absolute atomic E-state index is 0.0969. The number of hydrogen-bond acceptors (Lipinski definition) is 5. The number of rotatable bonds is 6. The minimum atomic E-state index is -0.277. The van der Waals surface area contributed by atoms with Crippen LogP contribution >= 0.6 is 0 Å². The van der Waals surface area contributed by atoms with E-state index in [0.717, 1.165) is 36.3 Å². The maximum atomic E-state index is 13.5. The topological polar surface area (TPSA) is 71.1 Å². The molecule has 0 spiro atoms. The number of imidazole rings is 1. The Hall–Kier alpha value is -2.80. The van der Waals surface area contributed by atoms with Crippen molar-refractivity contribution in [3.63, 3.8) is 0 Å². The highest BCUT2D eigenvalue weighted by molar-refractivity contribution is 5.81. The van der Waals surface area contributed by atoms with Crippen molar-refractivity contribution in [3.8, 4) is 5.88 Å². The number of carbonyl (C=O) groups excluding carboxylic acids is 1. The molecule has 7 heteroatoms. The van der Waals surface area contributed by atoms with Crippen LogP contribution in [0, 0.1) is 11.7 Å². The van der Waals surface area contributed by atoms with Crippen molar-refractivity contribution in [2.24, 2.45) is 5.92 Å². The molecule has 6 nitrogen and oxygen atoms in total. The highest BCUT2D eigenvalue weighted by Crippen LogP contribution is 2.34. The van der Waals surface area contributed by atoms with Gasteiger partial charge in [0, 0.05) is 25.1 Å². The van der Waals surface area contributed by atoms with E-state index in [4.69, 9.17) is 4.74 Å². The summed E-state index contributed by atoms with van der Waals surface area (Å²) < 4.78 is 18.5. The van der Waals surface area contributed by atoms with E-state index in [-0.39, 0.29) is 17.6 Å². The molecule has 152 valence electrons. The second kappa shape index (κ2) is 8.29. The number of likely N-dealkylation sites (tertiary alicyclic amines) is 1. The summed E-state index contributed by atoms with van der Waals surface area (Å²) >= 11 is 0. The Labute approximate surface area is 169 Å². The summed E-state index contributed by atoms with van der Waals surface area (Å²) in [4.78, 5) is 26.9. The Morgan fingerprint density at radius 3 is 2.97 bits per heavy atom. The van der Waals surface area contributed by atoms with Gasteiger partial charge in [0.1, 0.15) is 17.4 Å². The summed E-state index contributed by atoms with van der Waals surface area (Å²) in [5.41, 5.74) is 2.37. The molecule has 1 saturated heterocycles. The Morgan fingerprint density at radius 1 is 1.34 bits per heavy atom. The number of halogens is 1. The third kappa shape index (κ3) is 4.45. The Morgan fingerprint density at radius 2 is 2.21 bits per heavy atom. The first-order valence-electron chi connectivity index (χ1n) is 9.88. The molecule has 1 fully saturated rings. The largest absolute Gasteiger partial charge is 0.481 e. The van der Waals surface area contributed by atoms with Crippen LogP contribution in [-0.4, -0.2) is 46.3 Å². The number of fused-ring (bicyclic) bond motifs is 1. The van der Waals surface area contributed by atoms with Crippen molar-refractivity contribution >= 4 is 16.8 Å². The molecule has 3 aromatic rings. The van der Waals surface area contributed by atoms with Crippen molar-refractivity contribution < 1.29 is 13.9 Å². The average molecular weight is 396 g/mol. The van der Waals surface area contributed by atoms with Crippen LogP contribution in [-0.2, 0) is 11.2 Å². The minimum Gasteiger partial charge on any atom is -0.481 e. The number of benzene rings is 1. The summed E-state index contributed by atoms with van der Waals surface area (Å²) in [6, 6.07) is 8.34. The Bertz CT molecular complexity index is 1000. The Kier molecular flexibility index (Phi) is 5.58. The van der Waals surface area contributed by atoms with Crippen LogP contribution in [0.3, 0.4) is 0 Å². The molecule has 29 heavy (non-hydrogen) atoms. The number of ether oxygens (including phenoxy) is 1. The number of aromatic amines is 1. The van der Waals surface area contributed by atoms with Gasteiger partial charge in [0.15, 0.2) is 0 Å². The number of aromatic nitrogens is 3. The number of nitrogens with zero attached hydrogens (tertiary/aromatic N) is 3. The molecule has 1 N–H and O–H groups in total. The van der Waals surface area contributed by atoms with Gasteiger partial charge in [-0.15, -0.1) is 0 Å². The van der Waals surface area contributed by atoms with E-state index in [1.165, 1.54) is 12.1 Å². The van der Waals surface area contributed by atoms with E-state index < -0.39 is 0 Å². The van der Waals surface area contributed by atoms with Crippen molar-refractivity contribution in [2.75, 3.05) is 20.7 Å². The quantitative estimate of drug-likeness (QED) is 0.688. The predicted molar refractivity (Wildman–Crippen MR) is 108 cm³/mol. The number of ketones is 1. The molecule has 3 heterocycles. The third-order valence-electron chi connectivity index (χ3n) is 5.68. The van der Waals surface area contributed by atoms with Crippen LogP contribution in [0.25, 0.3) is 11.0 Å². The molecule has 1 aliphatic rings. The van der Waals surface area contributed by atoms with Gasteiger partial charge in [-0.05, 0) is 56.1 Å². The maximum Gasteiger partial charge on any atom is 0.212 e. The van der Waals surface area contributed by atoms with E-state index in [1.807, 2.05) is 6.07 Å². The molecule has 0 bridgehead atoms. The van der Waals surface area contributed by atoms with Crippen molar-refractivity contribution in [2.45, 2.75) is 31.7 Å². The van der Waals surface area contributed by atoms with E-state index in [0.29, 0.717) is 30.2 Å². The lowest BCUT2D eigenvalue weighted by Gasteiger charge is -2.35. The highest BCUT2D eigenvalue weighted by Gasteiger charge is 2.30.